The fourth-order valence-corrected chi connectivity index (χ4v) is 29.9. The molecule has 0 aliphatic rings. The predicted molar refractivity (Wildman–Crippen MR) is 93.2 cm³/mol. The fraction of sp³-hybridized carbons (Fsp3) is 0.750. The summed E-state index contributed by atoms with van der Waals surface area (Å²) in [5.74, 6) is 9.32. The number of hydrogen-bond donors (Lipinski definition) is 0. The van der Waals surface area contributed by atoms with E-state index in [9.17, 15) is 0 Å². The Bertz CT molecular complexity index is 329. The fourth-order valence-electron chi connectivity index (χ4n) is 2.57. The molecule has 112 valence electrons. The first-order valence-corrected chi connectivity index (χ1v) is 19.3. The van der Waals surface area contributed by atoms with E-state index >= 15 is 0 Å². The standard InChI is InChI=1S/C16H34Ge2O/c1-13(15(3,4)5)17(9,10)19-18(11,12)14(2)16(6,7)8/h1-2H2,3-12H3. The van der Waals surface area contributed by atoms with Gasteiger partial charge in [0.05, 0.1) is 0 Å². The number of hydrogen-bond acceptors (Lipinski definition) is 1. The molecule has 0 aliphatic heterocycles. The molecule has 0 rings (SSSR count). The first kappa shape index (κ1) is 19.5. The molecule has 0 heterocycles. The monoisotopic (exact) mass is 390 g/mol. The van der Waals surface area contributed by atoms with Crippen LogP contribution >= 0.6 is 0 Å². The molecular weight excluding hydrogens is 353 g/mol. The second-order valence-electron chi connectivity index (χ2n) is 8.58. The summed E-state index contributed by atoms with van der Waals surface area (Å²) < 4.78 is 9.46. The Kier molecular flexibility index (Phi) is 5.88. The summed E-state index contributed by atoms with van der Waals surface area (Å²) in [5, 5.41) is 0. The summed E-state index contributed by atoms with van der Waals surface area (Å²) in [6.07, 6.45) is 0. The van der Waals surface area contributed by atoms with Gasteiger partial charge in [-0.2, -0.15) is 0 Å². The summed E-state index contributed by atoms with van der Waals surface area (Å²) in [6, 6.07) is 0. The van der Waals surface area contributed by atoms with Gasteiger partial charge in [-0.1, -0.05) is 0 Å². The van der Waals surface area contributed by atoms with Gasteiger partial charge in [-0.15, -0.1) is 0 Å². The van der Waals surface area contributed by atoms with Crippen LogP contribution in [-0.4, -0.2) is 27.2 Å². The molecule has 0 bridgehead atoms. The maximum atomic E-state index is 6.78. The molecule has 0 saturated carbocycles. The van der Waals surface area contributed by atoms with Crippen molar-refractivity contribution in [2.45, 2.75) is 64.6 Å². The van der Waals surface area contributed by atoms with E-state index in [1.165, 1.54) is 8.81 Å². The normalized spacial score (nSPS) is 14.4. The van der Waals surface area contributed by atoms with E-state index in [2.05, 4.69) is 77.7 Å². The zero-order valence-corrected chi connectivity index (χ0v) is 19.0. The Morgan fingerprint density at radius 2 is 0.895 bits per heavy atom. The molecule has 19 heavy (non-hydrogen) atoms. The summed E-state index contributed by atoms with van der Waals surface area (Å²) in [6.45, 7) is 22.2. The summed E-state index contributed by atoms with van der Waals surface area (Å²) in [5.41, 5.74) is 0.287. The summed E-state index contributed by atoms with van der Waals surface area (Å²) >= 11 is -4.90. The average molecular weight is 388 g/mol. The number of rotatable bonds is 4. The van der Waals surface area contributed by atoms with Crippen molar-refractivity contribution in [1.82, 2.24) is 0 Å². The Morgan fingerprint density at radius 3 is 1.05 bits per heavy atom. The molecule has 3 heteroatoms. The van der Waals surface area contributed by atoms with Gasteiger partial charge >= 0.3 is 127 Å². The van der Waals surface area contributed by atoms with Crippen LogP contribution in [0.1, 0.15) is 41.5 Å². The Balaban J connectivity index is 5.23. The zero-order chi connectivity index (χ0) is 15.9. The topological polar surface area (TPSA) is 9.23 Å². The van der Waals surface area contributed by atoms with Gasteiger partial charge in [0.2, 0.25) is 0 Å². The van der Waals surface area contributed by atoms with Gasteiger partial charge in [-0.05, 0) is 0 Å². The first-order chi connectivity index (χ1) is 8.02. The minimum absolute atomic E-state index is 0.144. The Labute approximate surface area is 127 Å². The molecular formula is C16H34Ge2O. The Hall–Kier alpha value is 0.526. The zero-order valence-electron chi connectivity index (χ0n) is 14.8. The van der Waals surface area contributed by atoms with E-state index in [-0.39, 0.29) is 10.8 Å². The van der Waals surface area contributed by atoms with E-state index < -0.39 is 27.2 Å². The molecule has 0 saturated heterocycles. The molecule has 0 aromatic rings. The average Bonchev–Trinajstić information content (AvgIpc) is 2.10. The van der Waals surface area contributed by atoms with Crippen LogP contribution in [0.4, 0.5) is 0 Å². The van der Waals surface area contributed by atoms with Crippen molar-refractivity contribution in [3.05, 3.63) is 22.0 Å². The second kappa shape index (κ2) is 5.73. The van der Waals surface area contributed by atoms with Crippen LogP contribution in [-0.2, 0) is 2.79 Å². The van der Waals surface area contributed by atoms with Gasteiger partial charge in [0, 0.05) is 0 Å². The third-order valence-corrected chi connectivity index (χ3v) is 26.3. The molecule has 0 aromatic carbocycles. The van der Waals surface area contributed by atoms with Crippen LogP contribution in [0, 0.1) is 10.8 Å². The van der Waals surface area contributed by atoms with E-state index in [0.717, 1.165) is 0 Å². The van der Waals surface area contributed by atoms with Crippen LogP contribution in [0.2, 0.25) is 23.0 Å². The quantitative estimate of drug-likeness (QED) is 0.563. The van der Waals surface area contributed by atoms with Crippen LogP contribution < -0.4 is 0 Å². The first-order valence-electron chi connectivity index (χ1n) is 7.12. The third-order valence-electron chi connectivity index (χ3n) is 3.77. The van der Waals surface area contributed by atoms with Crippen LogP contribution in [0.5, 0.6) is 0 Å². The van der Waals surface area contributed by atoms with Crippen molar-refractivity contribution in [2.24, 2.45) is 10.8 Å². The van der Waals surface area contributed by atoms with Gasteiger partial charge in [0.25, 0.3) is 0 Å². The van der Waals surface area contributed by atoms with Crippen molar-refractivity contribution < 1.29 is 2.79 Å². The van der Waals surface area contributed by atoms with Crippen molar-refractivity contribution >= 4 is 27.2 Å². The van der Waals surface area contributed by atoms with Gasteiger partial charge in [0.15, 0.2) is 0 Å². The van der Waals surface area contributed by atoms with Crippen LogP contribution in [0.3, 0.4) is 0 Å². The molecule has 1 nitrogen and oxygen atoms in total. The Morgan fingerprint density at radius 1 is 0.684 bits per heavy atom. The van der Waals surface area contributed by atoms with Gasteiger partial charge in [-0.3, -0.25) is 0 Å². The van der Waals surface area contributed by atoms with Crippen molar-refractivity contribution in [2.75, 3.05) is 0 Å². The van der Waals surface area contributed by atoms with Crippen molar-refractivity contribution in [3.63, 3.8) is 0 Å². The molecule has 0 unspecified atom stereocenters. The van der Waals surface area contributed by atoms with E-state index in [4.69, 9.17) is 2.79 Å². The number of allylic oxidation sites excluding steroid dienone is 2. The molecule has 0 N–H and O–H groups in total. The SMILES string of the molecule is C=[C](C(C)(C)C)[Ge]([CH3])([CH3])[O][Ge]([CH3])([CH3])[C](=C)C(C)(C)C. The van der Waals surface area contributed by atoms with Crippen LogP contribution in [0.15, 0.2) is 22.0 Å². The molecule has 0 aromatic heterocycles. The molecule has 0 fully saturated rings. The van der Waals surface area contributed by atoms with Crippen LogP contribution in [0.25, 0.3) is 0 Å². The van der Waals surface area contributed by atoms with Crippen molar-refractivity contribution in [1.29, 1.82) is 0 Å². The second-order valence-corrected chi connectivity index (χ2v) is 26.4. The van der Waals surface area contributed by atoms with Crippen molar-refractivity contribution in [3.8, 4) is 0 Å². The predicted octanol–water partition coefficient (Wildman–Crippen LogP) is 5.70. The van der Waals surface area contributed by atoms with E-state index in [1.807, 2.05) is 0 Å². The maximum absolute atomic E-state index is 6.78. The molecule has 0 atom stereocenters. The molecule has 0 aliphatic carbocycles. The summed E-state index contributed by atoms with van der Waals surface area (Å²) in [4.78, 5) is 0. The van der Waals surface area contributed by atoms with E-state index in [0.29, 0.717) is 0 Å². The molecule has 0 spiro atoms. The van der Waals surface area contributed by atoms with Gasteiger partial charge in [-0.25, -0.2) is 0 Å². The molecule has 0 radical (unpaired) electrons. The van der Waals surface area contributed by atoms with Gasteiger partial charge < -0.3 is 0 Å². The third kappa shape index (κ3) is 5.43. The minimum atomic E-state index is -2.45. The molecule has 0 amide bonds. The van der Waals surface area contributed by atoms with E-state index in [1.54, 1.807) is 0 Å². The van der Waals surface area contributed by atoms with Gasteiger partial charge in [0.1, 0.15) is 0 Å². The summed E-state index contributed by atoms with van der Waals surface area (Å²) in [7, 11) is 0.